The first-order chi connectivity index (χ1) is 22.6. The van der Waals surface area contributed by atoms with Gasteiger partial charge in [-0.25, -0.2) is 9.37 Å². The van der Waals surface area contributed by atoms with Crippen molar-refractivity contribution in [3.63, 3.8) is 0 Å². The summed E-state index contributed by atoms with van der Waals surface area (Å²) in [4.78, 5) is 25.4. The summed E-state index contributed by atoms with van der Waals surface area (Å²) in [6.07, 6.45) is 4.44. The van der Waals surface area contributed by atoms with Gasteiger partial charge in [-0.2, -0.15) is 4.98 Å². The van der Waals surface area contributed by atoms with Crippen LogP contribution in [0.3, 0.4) is 0 Å². The van der Waals surface area contributed by atoms with Crippen molar-refractivity contribution in [1.29, 1.82) is 0 Å². The van der Waals surface area contributed by atoms with Crippen LogP contribution in [-0.4, -0.2) is 53.4 Å². The van der Waals surface area contributed by atoms with Gasteiger partial charge in [0, 0.05) is 50.1 Å². The second-order valence-electron chi connectivity index (χ2n) is 11.6. The number of fused-ring (bicyclic) bond motifs is 1. The standard InChI is InChI=1S/C37H35FN6O2/c38-33-23-30(14-16-34(33)43-19-17-39-18-20-43)41-37-40-24-29-22-27(13-15-31-11-6-7-21-46-31)36(45)44(35(29)42-37)25-28-10-4-5-12-32(28)26-8-2-1-3-9-26/h1-5,8-10,12,14,16,22-24,31,39H,6-7,11,17-21,25H2,(H,40,41,42). The van der Waals surface area contributed by atoms with Gasteiger partial charge in [-0.05, 0) is 60.2 Å². The predicted molar refractivity (Wildman–Crippen MR) is 180 cm³/mol. The first kappa shape index (κ1) is 29.7. The average Bonchev–Trinajstić information content (AvgIpc) is 3.10. The molecule has 5 aromatic rings. The molecule has 2 fully saturated rings. The molecule has 2 aliphatic rings. The van der Waals surface area contributed by atoms with E-state index in [-0.39, 0.29) is 30.0 Å². The molecule has 2 N–H and O–H groups in total. The number of benzene rings is 3. The highest BCUT2D eigenvalue weighted by Gasteiger charge is 2.17. The number of anilines is 3. The number of halogens is 1. The van der Waals surface area contributed by atoms with Crippen molar-refractivity contribution in [3.8, 4) is 23.0 Å². The van der Waals surface area contributed by atoms with E-state index in [2.05, 4.69) is 45.7 Å². The van der Waals surface area contributed by atoms with Gasteiger partial charge >= 0.3 is 0 Å². The smallest absolute Gasteiger partial charge is 0.268 e. The number of piperazine rings is 1. The van der Waals surface area contributed by atoms with Crippen molar-refractivity contribution >= 4 is 28.4 Å². The Morgan fingerprint density at radius 3 is 2.63 bits per heavy atom. The van der Waals surface area contributed by atoms with Gasteiger partial charge in [-0.3, -0.25) is 9.36 Å². The lowest BCUT2D eigenvalue weighted by Gasteiger charge is -2.29. The predicted octanol–water partition coefficient (Wildman–Crippen LogP) is 5.72. The molecule has 7 rings (SSSR count). The molecule has 232 valence electrons. The molecule has 0 saturated carbocycles. The maximum absolute atomic E-state index is 15.2. The lowest BCUT2D eigenvalue weighted by atomic mass is 9.99. The number of hydrogen-bond donors (Lipinski definition) is 2. The Morgan fingerprint density at radius 1 is 1.00 bits per heavy atom. The highest BCUT2D eigenvalue weighted by Crippen LogP contribution is 2.27. The van der Waals surface area contributed by atoms with Gasteiger partial charge < -0.3 is 20.3 Å². The average molecular weight is 615 g/mol. The van der Waals surface area contributed by atoms with Crippen molar-refractivity contribution < 1.29 is 9.13 Å². The Hall–Kier alpha value is -5.04. The number of pyridine rings is 1. The van der Waals surface area contributed by atoms with E-state index in [1.54, 1.807) is 22.9 Å². The van der Waals surface area contributed by atoms with E-state index in [1.807, 2.05) is 47.4 Å². The maximum atomic E-state index is 15.2. The highest BCUT2D eigenvalue weighted by atomic mass is 19.1. The van der Waals surface area contributed by atoms with Crippen molar-refractivity contribution in [3.05, 3.63) is 112 Å². The lowest BCUT2D eigenvalue weighted by molar-refractivity contribution is 0.0526. The second kappa shape index (κ2) is 13.5. The van der Waals surface area contributed by atoms with Crippen LogP contribution in [0.15, 0.2) is 89.9 Å². The van der Waals surface area contributed by atoms with E-state index in [1.165, 1.54) is 6.07 Å². The molecule has 3 aromatic carbocycles. The largest absolute Gasteiger partial charge is 0.367 e. The van der Waals surface area contributed by atoms with Gasteiger partial charge in [0.2, 0.25) is 5.95 Å². The number of ether oxygens (including phenoxy) is 1. The molecule has 2 aromatic heterocycles. The summed E-state index contributed by atoms with van der Waals surface area (Å²) < 4.78 is 22.6. The zero-order valence-corrected chi connectivity index (χ0v) is 25.5. The van der Waals surface area contributed by atoms with Crippen LogP contribution < -0.4 is 21.1 Å². The number of hydrogen-bond acceptors (Lipinski definition) is 7. The Bertz CT molecular complexity index is 1970. The molecular weight excluding hydrogens is 579 g/mol. The Kier molecular flexibility index (Phi) is 8.72. The summed E-state index contributed by atoms with van der Waals surface area (Å²) in [6.45, 7) is 4.11. The molecule has 0 aliphatic carbocycles. The fraction of sp³-hybridized carbons (Fsp3) is 0.270. The minimum Gasteiger partial charge on any atom is -0.367 e. The van der Waals surface area contributed by atoms with Crippen molar-refractivity contribution in [2.75, 3.05) is 43.0 Å². The summed E-state index contributed by atoms with van der Waals surface area (Å²) in [5, 5.41) is 7.11. The van der Waals surface area contributed by atoms with E-state index < -0.39 is 0 Å². The summed E-state index contributed by atoms with van der Waals surface area (Å²) in [6, 6.07) is 25.0. The van der Waals surface area contributed by atoms with Crippen LogP contribution in [0.25, 0.3) is 22.2 Å². The Labute approximate surface area is 267 Å². The molecule has 46 heavy (non-hydrogen) atoms. The molecule has 0 radical (unpaired) electrons. The lowest BCUT2D eigenvalue weighted by Crippen LogP contribution is -2.43. The quantitative estimate of drug-likeness (QED) is 0.237. The van der Waals surface area contributed by atoms with E-state index >= 15 is 4.39 Å². The van der Waals surface area contributed by atoms with Gasteiger partial charge in [-0.15, -0.1) is 0 Å². The van der Waals surface area contributed by atoms with E-state index in [9.17, 15) is 4.79 Å². The maximum Gasteiger partial charge on any atom is 0.268 e. The minimum absolute atomic E-state index is 0.183. The molecule has 0 bridgehead atoms. The highest BCUT2D eigenvalue weighted by molar-refractivity contribution is 5.78. The van der Waals surface area contributed by atoms with Crippen molar-refractivity contribution in [2.24, 2.45) is 0 Å². The topological polar surface area (TPSA) is 84.3 Å². The fourth-order valence-electron chi connectivity index (χ4n) is 6.07. The molecule has 2 aliphatic heterocycles. The van der Waals surface area contributed by atoms with Crippen molar-refractivity contribution in [1.82, 2.24) is 19.9 Å². The van der Waals surface area contributed by atoms with Crippen LogP contribution in [0, 0.1) is 17.7 Å². The molecule has 2 saturated heterocycles. The zero-order chi connectivity index (χ0) is 31.3. The summed E-state index contributed by atoms with van der Waals surface area (Å²) >= 11 is 0. The van der Waals surface area contributed by atoms with Crippen LogP contribution in [0.2, 0.25) is 0 Å². The third-order valence-electron chi connectivity index (χ3n) is 8.47. The van der Waals surface area contributed by atoms with E-state index in [0.29, 0.717) is 34.6 Å². The zero-order valence-electron chi connectivity index (χ0n) is 25.5. The fourth-order valence-corrected chi connectivity index (χ4v) is 6.07. The molecule has 1 unspecified atom stereocenters. The summed E-state index contributed by atoms with van der Waals surface area (Å²) in [5.41, 5.74) is 4.74. The van der Waals surface area contributed by atoms with Gasteiger partial charge in [-0.1, -0.05) is 66.4 Å². The third kappa shape index (κ3) is 6.50. The minimum atomic E-state index is -0.313. The normalized spacial score (nSPS) is 16.5. The molecule has 8 nitrogen and oxygen atoms in total. The Morgan fingerprint density at radius 2 is 1.83 bits per heavy atom. The number of nitrogens with one attached hydrogen (secondary N) is 2. The van der Waals surface area contributed by atoms with E-state index in [4.69, 9.17) is 9.72 Å². The Balaban J connectivity index is 1.27. The molecule has 4 heterocycles. The molecule has 0 spiro atoms. The van der Waals surface area contributed by atoms with Gasteiger partial charge in [0.15, 0.2) is 0 Å². The first-order valence-electron chi connectivity index (χ1n) is 15.8. The van der Waals surface area contributed by atoms with Gasteiger partial charge in [0.05, 0.1) is 17.8 Å². The van der Waals surface area contributed by atoms with Crippen LogP contribution in [-0.2, 0) is 11.3 Å². The number of aromatic nitrogens is 3. The van der Waals surface area contributed by atoms with Gasteiger partial charge in [0.1, 0.15) is 17.6 Å². The van der Waals surface area contributed by atoms with Crippen LogP contribution >= 0.6 is 0 Å². The number of nitrogens with zero attached hydrogens (tertiary/aromatic N) is 4. The number of rotatable bonds is 6. The molecule has 0 amide bonds. The SMILES string of the molecule is O=c1c(C#CC2CCCCO2)cc2cnc(Nc3ccc(N4CCNCC4)c(F)c3)nc2n1Cc1ccccc1-c1ccccc1. The van der Waals surface area contributed by atoms with Crippen LogP contribution in [0.5, 0.6) is 0 Å². The summed E-state index contributed by atoms with van der Waals surface area (Å²) in [5.74, 6) is 6.23. The molecule has 9 heteroatoms. The summed E-state index contributed by atoms with van der Waals surface area (Å²) in [7, 11) is 0. The first-order valence-corrected chi connectivity index (χ1v) is 15.8. The second-order valence-corrected chi connectivity index (χ2v) is 11.6. The molecular formula is C37H35FN6O2. The third-order valence-corrected chi connectivity index (χ3v) is 8.47. The van der Waals surface area contributed by atoms with Crippen LogP contribution in [0.4, 0.5) is 21.7 Å². The molecule has 1 atom stereocenters. The van der Waals surface area contributed by atoms with Gasteiger partial charge in [0.25, 0.3) is 5.56 Å². The monoisotopic (exact) mass is 614 g/mol. The van der Waals surface area contributed by atoms with E-state index in [0.717, 1.165) is 62.1 Å². The van der Waals surface area contributed by atoms with Crippen LogP contribution in [0.1, 0.15) is 30.4 Å². The van der Waals surface area contributed by atoms with Crippen molar-refractivity contribution in [2.45, 2.75) is 31.9 Å².